The van der Waals surface area contributed by atoms with Gasteiger partial charge in [0.15, 0.2) is 0 Å². The summed E-state index contributed by atoms with van der Waals surface area (Å²) in [5.74, 6) is 0. The predicted molar refractivity (Wildman–Crippen MR) is 72.6 cm³/mol. The van der Waals surface area contributed by atoms with Crippen molar-refractivity contribution in [1.82, 2.24) is 0 Å². The van der Waals surface area contributed by atoms with Crippen molar-refractivity contribution in [1.29, 1.82) is 0 Å². The van der Waals surface area contributed by atoms with Crippen molar-refractivity contribution in [3.05, 3.63) is 34.9 Å². The molecule has 1 atom stereocenters. The number of rotatable bonds is 4. The molecule has 0 saturated heterocycles. The van der Waals surface area contributed by atoms with Crippen LogP contribution in [-0.4, -0.2) is 11.3 Å². The van der Waals surface area contributed by atoms with Crippen LogP contribution in [0.3, 0.4) is 0 Å². The van der Waals surface area contributed by atoms with Gasteiger partial charge < -0.3 is 5.11 Å². The number of aryl methyl sites for hydroxylation is 2. The zero-order valence-corrected chi connectivity index (χ0v) is 11.8. The van der Waals surface area contributed by atoms with Gasteiger partial charge in [-0.3, -0.25) is 0 Å². The van der Waals surface area contributed by atoms with Crippen molar-refractivity contribution >= 4 is 0 Å². The highest BCUT2D eigenvalue weighted by molar-refractivity contribution is 5.36. The number of alkyl halides is 3. The number of halogens is 3. The number of hydrogen-bond donors (Lipinski definition) is 1. The van der Waals surface area contributed by atoms with Crippen molar-refractivity contribution in [2.24, 2.45) is 0 Å². The summed E-state index contributed by atoms with van der Waals surface area (Å²) in [6, 6.07) is 5.85. The van der Waals surface area contributed by atoms with Crippen molar-refractivity contribution < 1.29 is 18.3 Å². The van der Waals surface area contributed by atoms with Crippen LogP contribution in [0.2, 0.25) is 0 Å². The summed E-state index contributed by atoms with van der Waals surface area (Å²) in [5.41, 5.74) is 2.11. The molecular formula is C16H21F3O. The quantitative estimate of drug-likeness (QED) is 0.863. The fourth-order valence-corrected chi connectivity index (χ4v) is 2.85. The van der Waals surface area contributed by atoms with Gasteiger partial charge in [-0.25, -0.2) is 0 Å². The van der Waals surface area contributed by atoms with E-state index in [0.29, 0.717) is 0 Å². The Morgan fingerprint density at radius 1 is 1.05 bits per heavy atom. The number of hydrogen-bond acceptors (Lipinski definition) is 1. The van der Waals surface area contributed by atoms with E-state index in [1.54, 1.807) is 6.92 Å². The fourth-order valence-electron chi connectivity index (χ4n) is 2.85. The van der Waals surface area contributed by atoms with Gasteiger partial charge in [-0.05, 0) is 62.1 Å². The lowest BCUT2D eigenvalue weighted by Gasteiger charge is -2.26. The van der Waals surface area contributed by atoms with Crippen molar-refractivity contribution in [2.75, 3.05) is 0 Å². The summed E-state index contributed by atoms with van der Waals surface area (Å²) < 4.78 is 36.5. The maximum Gasteiger partial charge on any atom is 0.389 e. The first-order valence-corrected chi connectivity index (χ1v) is 7.19. The third-order valence-electron chi connectivity index (χ3n) is 4.09. The van der Waals surface area contributed by atoms with Gasteiger partial charge in [0.05, 0.1) is 5.60 Å². The molecule has 1 aromatic rings. The second kappa shape index (κ2) is 5.76. The molecule has 1 aromatic carbocycles. The summed E-state index contributed by atoms with van der Waals surface area (Å²) in [4.78, 5) is 0. The van der Waals surface area contributed by atoms with Crippen LogP contribution < -0.4 is 0 Å². The van der Waals surface area contributed by atoms with E-state index in [2.05, 4.69) is 0 Å². The van der Waals surface area contributed by atoms with Gasteiger partial charge in [-0.2, -0.15) is 13.2 Å². The molecule has 0 aliphatic heterocycles. The first-order chi connectivity index (χ1) is 9.28. The van der Waals surface area contributed by atoms with Crippen LogP contribution >= 0.6 is 0 Å². The topological polar surface area (TPSA) is 20.2 Å². The highest BCUT2D eigenvalue weighted by Gasteiger charge is 2.30. The Bertz CT molecular complexity index is 463. The average molecular weight is 286 g/mol. The molecule has 0 fully saturated rings. The summed E-state index contributed by atoms with van der Waals surface area (Å²) in [6.45, 7) is 1.61. The van der Waals surface area contributed by atoms with E-state index in [-0.39, 0.29) is 12.8 Å². The van der Waals surface area contributed by atoms with Crippen LogP contribution in [0.4, 0.5) is 13.2 Å². The van der Waals surface area contributed by atoms with Gasteiger partial charge in [0.25, 0.3) is 0 Å². The minimum absolute atomic E-state index is 0.0480. The zero-order chi connectivity index (χ0) is 14.8. The van der Waals surface area contributed by atoms with E-state index in [1.165, 1.54) is 17.5 Å². The van der Waals surface area contributed by atoms with Crippen LogP contribution in [0.5, 0.6) is 0 Å². The summed E-state index contributed by atoms with van der Waals surface area (Å²) >= 11 is 0. The Hall–Kier alpha value is -1.03. The number of benzene rings is 1. The molecule has 4 heteroatoms. The minimum Gasteiger partial charge on any atom is -0.385 e. The van der Waals surface area contributed by atoms with Crippen LogP contribution in [0.1, 0.15) is 55.7 Å². The van der Waals surface area contributed by atoms with Crippen molar-refractivity contribution in [3.63, 3.8) is 0 Å². The monoisotopic (exact) mass is 286 g/mol. The SMILES string of the molecule is CC(O)(CCCC(F)(F)F)c1ccc2c(c1)CCCC2. The van der Waals surface area contributed by atoms with Gasteiger partial charge in [0, 0.05) is 6.42 Å². The van der Waals surface area contributed by atoms with Crippen LogP contribution in [0.15, 0.2) is 18.2 Å². The largest absolute Gasteiger partial charge is 0.389 e. The first kappa shape index (κ1) is 15.4. The predicted octanol–water partition coefficient (Wildman–Crippen LogP) is 4.51. The first-order valence-electron chi connectivity index (χ1n) is 7.19. The molecule has 0 saturated carbocycles. The van der Waals surface area contributed by atoms with E-state index < -0.39 is 18.2 Å². The Morgan fingerprint density at radius 2 is 1.70 bits per heavy atom. The Morgan fingerprint density at radius 3 is 2.35 bits per heavy atom. The molecule has 1 unspecified atom stereocenters. The Labute approximate surface area is 117 Å². The second-order valence-corrected chi connectivity index (χ2v) is 5.93. The summed E-state index contributed by atoms with van der Waals surface area (Å²) in [5, 5.41) is 10.4. The Kier molecular flexibility index (Phi) is 4.43. The van der Waals surface area contributed by atoms with Gasteiger partial charge in [-0.15, -0.1) is 0 Å². The average Bonchev–Trinajstić information content (AvgIpc) is 2.36. The normalized spacial score (nSPS) is 18.4. The molecule has 1 N–H and O–H groups in total. The highest BCUT2D eigenvalue weighted by Crippen LogP contribution is 2.32. The molecule has 1 aliphatic carbocycles. The van der Waals surface area contributed by atoms with E-state index >= 15 is 0 Å². The number of fused-ring (bicyclic) bond motifs is 1. The van der Waals surface area contributed by atoms with Crippen LogP contribution in [-0.2, 0) is 18.4 Å². The van der Waals surface area contributed by atoms with Crippen LogP contribution in [0, 0.1) is 0 Å². The molecule has 0 heterocycles. The maximum absolute atomic E-state index is 12.2. The maximum atomic E-state index is 12.2. The molecule has 0 radical (unpaired) electrons. The smallest absolute Gasteiger partial charge is 0.385 e. The molecule has 20 heavy (non-hydrogen) atoms. The number of aliphatic hydroxyl groups is 1. The molecule has 0 aromatic heterocycles. The van der Waals surface area contributed by atoms with E-state index in [4.69, 9.17) is 0 Å². The fraction of sp³-hybridized carbons (Fsp3) is 0.625. The highest BCUT2D eigenvalue weighted by atomic mass is 19.4. The zero-order valence-electron chi connectivity index (χ0n) is 11.8. The lowest BCUT2D eigenvalue weighted by atomic mass is 9.84. The van der Waals surface area contributed by atoms with Gasteiger partial charge in [-0.1, -0.05) is 18.2 Å². The molecule has 0 spiro atoms. The second-order valence-electron chi connectivity index (χ2n) is 5.93. The summed E-state index contributed by atoms with van der Waals surface area (Å²) in [6.07, 6.45) is -0.506. The van der Waals surface area contributed by atoms with Gasteiger partial charge in [0.2, 0.25) is 0 Å². The van der Waals surface area contributed by atoms with E-state index in [1.807, 2.05) is 18.2 Å². The lowest BCUT2D eigenvalue weighted by Crippen LogP contribution is -2.23. The van der Waals surface area contributed by atoms with E-state index in [0.717, 1.165) is 24.8 Å². The van der Waals surface area contributed by atoms with Crippen LogP contribution in [0.25, 0.3) is 0 Å². The molecule has 0 bridgehead atoms. The molecule has 1 nitrogen and oxygen atoms in total. The standard InChI is InChI=1S/C16H21F3O/c1-15(20,9-4-10-16(17,18)19)14-8-7-12-5-2-3-6-13(12)11-14/h7-8,11,20H,2-6,9-10H2,1H3. The molecule has 2 rings (SSSR count). The third kappa shape index (κ3) is 3.98. The van der Waals surface area contributed by atoms with Gasteiger partial charge >= 0.3 is 6.18 Å². The van der Waals surface area contributed by atoms with E-state index in [9.17, 15) is 18.3 Å². The molecule has 1 aliphatic rings. The molecule has 0 amide bonds. The molecular weight excluding hydrogens is 265 g/mol. The minimum atomic E-state index is -4.15. The lowest BCUT2D eigenvalue weighted by molar-refractivity contribution is -0.137. The van der Waals surface area contributed by atoms with Gasteiger partial charge in [0.1, 0.15) is 0 Å². The molecule has 112 valence electrons. The van der Waals surface area contributed by atoms with Crippen molar-refractivity contribution in [2.45, 2.75) is 63.6 Å². The Balaban J connectivity index is 2.05. The third-order valence-corrected chi connectivity index (χ3v) is 4.09. The van der Waals surface area contributed by atoms with Crippen molar-refractivity contribution in [3.8, 4) is 0 Å². The summed E-state index contributed by atoms with van der Waals surface area (Å²) in [7, 11) is 0.